The number of hydrogen-bond donors (Lipinski definition) is 0. The molecule has 0 aliphatic carbocycles. The molecule has 0 spiro atoms. The Labute approximate surface area is 92.0 Å². The number of anilines is 1. The Kier molecular flexibility index (Phi) is 2.87. The molecule has 1 unspecified atom stereocenters. The van der Waals surface area contributed by atoms with E-state index < -0.39 is 0 Å². The first kappa shape index (κ1) is 9.71. The predicted molar refractivity (Wildman–Crippen MR) is 60.7 cm³/mol. The average molecular weight is 254 g/mol. The van der Waals surface area contributed by atoms with Gasteiger partial charge in [-0.05, 0) is 18.1 Å². The van der Waals surface area contributed by atoms with Crippen molar-refractivity contribution in [1.29, 1.82) is 0 Å². The molecule has 1 saturated heterocycles. The van der Waals surface area contributed by atoms with Crippen LogP contribution < -0.4 is 4.90 Å². The molecule has 1 aromatic carbocycles. The summed E-state index contributed by atoms with van der Waals surface area (Å²) in [6.45, 7) is 0.841. The minimum atomic E-state index is 0.237. The molecule has 1 aliphatic rings. The highest BCUT2D eigenvalue weighted by Gasteiger charge is 2.29. The van der Waals surface area contributed by atoms with E-state index in [-0.39, 0.29) is 5.91 Å². The number of alkyl halides is 1. The molecule has 3 heteroatoms. The third-order valence-corrected chi connectivity index (χ3v) is 3.41. The lowest BCUT2D eigenvalue weighted by Gasteiger charge is -2.15. The van der Waals surface area contributed by atoms with Crippen molar-refractivity contribution in [3.63, 3.8) is 0 Å². The van der Waals surface area contributed by atoms with Crippen molar-refractivity contribution in [2.75, 3.05) is 16.8 Å². The van der Waals surface area contributed by atoms with Crippen molar-refractivity contribution in [3.05, 3.63) is 30.3 Å². The van der Waals surface area contributed by atoms with E-state index in [0.29, 0.717) is 12.3 Å². The number of nitrogens with zero attached hydrogens (tertiary/aromatic N) is 1. The van der Waals surface area contributed by atoms with Crippen molar-refractivity contribution >= 4 is 27.5 Å². The fraction of sp³-hybridized carbons (Fsp3) is 0.364. The van der Waals surface area contributed by atoms with Gasteiger partial charge in [0.05, 0.1) is 0 Å². The van der Waals surface area contributed by atoms with E-state index in [1.807, 2.05) is 35.2 Å². The van der Waals surface area contributed by atoms with Crippen molar-refractivity contribution in [2.45, 2.75) is 6.42 Å². The molecule has 0 saturated carbocycles. The Morgan fingerprint density at radius 2 is 2.07 bits per heavy atom. The van der Waals surface area contributed by atoms with Gasteiger partial charge in [-0.2, -0.15) is 0 Å². The summed E-state index contributed by atoms with van der Waals surface area (Å²) in [7, 11) is 0. The van der Waals surface area contributed by atoms with Crippen molar-refractivity contribution in [3.8, 4) is 0 Å². The summed E-state index contributed by atoms with van der Waals surface area (Å²) in [5.74, 6) is 0.698. The largest absolute Gasteiger partial charge is 0.312 e. The molecule has 0 N–H and O–H groups in total. The van der Waals surface area contributed by atoms with E-state index in [1.165, 1.54) is 0 Å². The summed E-state index contributed by atoms with van der Waals surface area (Å²) in [6, 6.07) is 9.85. The molecule has 14 heavy (non-hydrogen) atoms. The van der Waals surface area contributed by atoms with Gasteiger partial charge < -0.3 is 4.90 Å². The Hall–Kier alpha value is -0.830. The van der Waals surface area contributed by atoms with Gasteiger partial charge in [0.1, 0.15) is 0 Å². The van der Waals surface area contributed by atoms with Crippen LogP contribution in [0.5, 0.6) is 0 Å². The first-order chi connectivity index (χ1) is 6.81. The lowest BCUT2D eigenvalue weighted by molar-refractivity contribution is -0.117. The molecule has 1 aliphatic heterocycles. The van der Waals surface area contributed by atoms with Crippen LogP contribution in [-0.2, 0) is 4.79 Å². The van der Waals surface area contributed by atoms with Gasteiger partial charge in [0.15, 0.2) is 0 Å². The third kappa shape index (κ3) is 1.82. The molecule has 1 amide bonds. The number of amides is 1. The van der Waals surface area contributed by atoms with Gasteiger partial charge in [-0.25, -0.2) is 0 Å². The molecular weight excluding hydrogens is 242 g/mol. The van der Waals surface area contributed by atoms with E-state index in [0.717, 1.165) is 17.6 Å². The number of benzene rings is 1. The molecule has 1 atom stereocenters. The van der Waals surface area contributed by atoms with E-state index in [4.69, 9.17) is 0 Å². The maximum absolute atomic E-state index is 11.6. The molecule has 74 valence electrons. The second-order valence-electron chi connectivity index (χ2n) is 3.56. The number of para-hydroxylation sites is 1. The van der Waals surface area contributed by atoms with Gasteiger partial charge in [0, 0.05) is 24.0 Å². The minimum Gasteiger partial charge on any atom is -0.312 e. The van der Waals surface area contributed by atoms with Crippen LogP contribution in [0, 0.1) is 5.92 Å². The van der Waals surface area contributed by atoms with E-state index >= 15 is 0 Å². The number of hydrogen-bond acceptors (Lipinski definition) is 1. The lowest BCUT2D eigenvalue weighted by atomic mass is 10.2. The van der Waals surface area contributed by atoms with E-state index in [2.05, 4.69) is 15.9 Å². The molecule has 1 fully saturated rings. The highest BCUT2D eigenvalue weighted by Crippen LogP contribution is 2.25. The molecule has 0 radical (unpaired) electrons. The fourth-order valence-electron chi connectivity index (χ4n) is 1.74. The molecule has 0 aromatic heterocycles. The van der Waals surface area contributed by atoms with Gasteiger partial charge >= 0.3 is 0 Å². The second-order valence-corrected chi connectivity index (χ2v) is 4.21. The predicted octanol–water partition coefficient (Wildman–Crippen LogP) is 2.43. The van der Waals surface area contributed by atoms with Crippen molar-refractivity contribution in [1.82, 2.24) is 0 Å². The first-order valence-corrected chi connectivity index (χ1v) is 5.85. The van der Waals surface area contributed by atoms with Gasteiger partial charge in [-0.1, -0.05) is 34.1 Å². The lowest BCUT2D eigenvalue weighted by Crippen LogP contribution is -2.24. The highest BCUT2D eigenvalue weighted by molar-refractivity contribution is 9.09. The van der Waals surface area contributed by atoms with Gasteiger partial charge in [0.25, 0.3) is 0 Å². The monoisotopic (exact) mass is 253 g/mol. The van der Waals surface area contributed by atoms with Crippen LogP contribution in [0.1, 0.15) is 6.42 Å². The SMILES string of the molecule is O=C1CC(CBr)CN1c1ccccc1. The van der Waals surface area contributed by atoms with E-state index in [1.54, 1.807) is 0 Å². The fourth-order valence-corrected chi connectivity index (χ4v) is 2.18. The van der Waals surface area contributed by atoms with Crippen LogP contribution in [0.3, 0.4) is 0 Å². The zero-order valence-corrected chi connectivity index (χ0v) is 9.40. The quantitative estimate of drug-likeness (QED) is 0.742. The standard InChI is InChI=1S/C11H12BrNO/c12-7-9-6-11(14)13(8-9)10-4-2-1-3-5-10/h1-5,9H,6-8H2. The maximum Gasteiger partial charge on any atom is 0.227 e. The smallest absolute Gasteiger partial charge is 0.227 e. The zero-order chi connectivity index (χ0) is 9.97. The van der Waals surface area contributed by atoms with Crippen molar-refractivity contribution < 1.29 is 4.79 Å². The second kappa shape index (κ2) is 4.13. The Morgan fingerprint density at radius 3 is 2.64 bits per heavy atom. The van der Waals surface area contributed by atoms with Crippen LogP contribution in [0.2, 0.25) is 0 Å². The van der Waals surface area contributed by atoms with Crippen LogP contribution in [0.15, 0.2) is 30.3 Å². The minimum absolute atomic E-state index is 0.237. The third-order valence-electron chi connectivity index (χ3n) is 2.49. The molecule has 0 bridgehead atoms. The summed E-state index contributed by atoms with van der Waals surface area (Å²) in [6.07, 6.45) is 0.667. The summed E-state index contributed by atoms with van der Waals surface area (Å²) in [5, 5.41) is 0.905. The summed E-state index contributed by atoms with van der Waals surface area (Å²) >= 11 is 3.42. The summed E-state index contributed by atoms with van der Waals surface area (Å²) < 4.78 is 0. The van der Waals surface area contributed by atoms with E-state index in [9.17, 15) is 4.79 Å². The van der Waals surface area contributed by atoms with Gasteiger partial charge in [-0.3, -0.25) is 4.79 Å². The maximum atomic E-state index is 11.6. The zero-order valence-electron chi connectivity index (χ0n) is 7.82. The summed E-state index contributed by atoms with van der Waals surface area (Å²) in [5.41, 5.74) is 1.01. The number of rotatable bonds is 2. The molecule has 1 aromatic rings. The average Bonchev–Trinajstić information content (AvgIpc) is 2.61. The van der Waals surface area contributed by atoms with Crippen LogP contribution >= 0.6 is 15.9 Å². The number of carbonyl (C=O) groups is 1. The van der Waals surface area contributed by atoms with Crippen LogP contribution in [0.25, 0.3) is 0 Å². The van der Waals surface area contributed by atoms with Gasteiger partial charge in [0.2, 0.25) is 5.91 Å². The number of carbonyl (C=O) groups excluding carboxylic acids is 1. The normalized spacial score (nSPS) is 21.6. The Bertz CT molecular complexity index is 325. The Morgan fingerprint density at radius 1 is 1.36 bits per heavy atom. The van der Waals surface area contributed by atoms with Crippen LogP contribution in [0.4, 0.5) is 5.69 Å². The molecule has 1 heterocycles. The van der Waals surface area contributed by atoms with Crippen LogP contribution in [-0.4, -0.2) is 17.8 Å². The molecule has 2 rings (SSSR count). The van der Waals surface area contributed by atoms with Gasteiger partial charge in [-0.15, -0.1) is 0 Å². The number of halogens is 1. The van der Waals surface area contributed by atoms with Crippen molar-refractivity contribution in [2.24, 2.45) is 5.92 Å². The summed E-state index contributed by atoms with van der Waals surface area (Å²) in [4.78, 5) is 13.5. The molecule has 2 nitrogen and oxygen atoms in total. The highest BCUT2D eigenvalue weighted by atomic mass is 79.9. The first-order valence-electron chi connectivity index (χ1n) is 4.72. The molecular formula is C11H12BrNO. The topological polar surface area (TPSA) is 20.3 Å². The Balaban J connectivity index is 2.17.